The Morgan fingerprint density at radius 2 is 2.21 bits per heavy atom. The molecule has 132 valence electrons. The molecule has 1 unspecified atom stereocenters. The highest BCUT2D eigenvalue weighted by Crippen LogP contribution is 2.41. The van der Waals surface area contributed by atoms with E-state index in [2.05, 4.69) is 14.7 Å². The fraction of sp³-hybridized carbons (Fsp3) is 0.625. The molecular weight excluding hydrogens is 331 g/mol. The normalized spacial score (nSPS) is 22.3. The van der Waals surface area contributed by atoms with Gasteiger partial charge in [0.05, 0.1) is 12.6 Å². The van der Waals surface area contributed by atoms with Crippen LogP contribution in [0, 0.1) is 5.82 Å². The summed E-state index contributed by atoms with van der Waals surface area (Å²) in [7, 11) is 0. The third-order valence-electron chi connectivity index (χ3n) is 3.85. The van der Waals surface area contributed by atoms with Crippen LogP contribution in [0.5, 0.6) is 5.75 Å². The molecule has 0 saturated carbocycles. The van der Waals surface area contributed by atoms with E-state index in [1.54, 1.807) is 0 Å². The van der Waals surface area contributed by atoms with Crippen LogP contribution in [0.15, 0.2) is 17.2 Å². The van der Waals surface area contributed by atoms with Crippen molar-refractivity contribution in [2.75, 3.05) is 6.54 Å². The molecule has 0 radical (unpaired) electrons. The predicted octanol–water partition coefficient (Wildman–Crippen LogP) is 3.94. The van der Waals surface area contributed by atoms with Crippen LogP contribution in [-0.2, 0) is 17.8 Å². The Labute approximate surface area is 144 Å². The summed E-state index contributed by atoms with van der Waals surface area (Å²) in [4.78, 5) is 2.77. The number of nitrogens with zero attached hydrogens (tertiary/aromatic N) is 3. The molecule has 1 aliphatic heterocycles. The summed E-state index contributed by atoms with van der Waals surface area (Å²) in [6.07, 6.45) is 0.460. The fourth-order valence-corrected chi connectivity index (χ4v) is 3.41. The lowest BCUT2D eigenvalue weighted by Crippen LogP contribution is -2.40. The van der Waals surface area contributed by atoms with Crippen LogP contribution in [0.4, 0.5) is 4.39 Å². The van der Waals surface area contributed by atoms with Crippen molar-refractivity contribution in [2.45, 2.75) is 57.4 Å². The standard InChI is InChI=1S/C16H23FN4O2S/c1-10(20-24(22)15(2,3)4)13-7-12(17)6-11-8-16(5,9-19-21-18)23-14(11)13/h6-7,10,20H,8-9H2,1-5H3/t10-,16+,24?/m1/s1. The summed E-state index contributed by atoms with van der Waals surface area (Å²) >= 11 is -1.29. The molecule has 0 bridgehead atoms. The van der Waals surface area contributed by atoms with Gasteiger partial charge in [0.25, 0.3) is 0 Å². The molecule has 3 atom stereocenters. The Bertz CT molecular complexity index is 673. The number of rotatable bonds is 5. The molecule has 0 fully saturated rings. The van der Waals surface area contributed by atoms with Gasteiger partial charge >= 0.3 is 0 Å². The Balaban J connectivity index is 2.30. The number of hydrogen-bond acceptors (Lipinski definition) is 4. The molecule has 0 saturated heterocycles. The lowest BCUT2D eigenvalue weighted by molar-refractivity contribution is 0.124. The van der Waals surface area contributed by atoms with E-state index >= 15 is 0 Å². The predicted molar refractivity (Wildman–Crippen MR) is 92.6 cm³/mol. The zero-order valence-electron chi connectivity index (χ0n) is 14.6. The van der Waals surface area contributed by atoms with E-state index in [0.717, 1.165) is 5.56 Å². The summed E-state index contributed by atoms with van der Waals surface area (Å²) < 4.78 is 34.9. The topological polar surface area (TPSA) is 93.1 Å². The third-order valence-corrected chi connectivity index (χ3v) is 5.53. The number of nitrogens with one attached hydrogen (secondary N) is 1. The van der Waals surface area contributed by atoms with Gasteiger partial charge in [0.2, 0.25) is 0 Å². The van der Waals surface area contributed by atoms with Crippen LogP contribution in [0.3, 0.4) is 0 Å². The van der Waals surface area contributed by atoms with Crippen LogP contribution in [0.1, 0.15) is 51.8 Å². The highest BCUT2D eigenvalue weighted by molar-refractivity contribution is 7.90. The largest absolute Gasteiger partial charge is 0.598 e. The van der Waals surface area contributed by atoms with Gasteiger partial charge in [0.15, 0.2) is 0 Å². The van der Waals surface area contributed by atoms with Gasteiger partial charge in [-0.15, -0.1) is 4.72 Å². The molecular formula is C16H23FN4O2S. The van der Waals surface area contributed by atoms with Crippen LogP contribution in [0.2, 0.25) is 0 Å². The molecule has 0 aliphatic carbocycles. The molecule has 8 heteroatoms. The molecule has 0 spiro atoms. The van der Waals surface area contributed by atoms with Gasteiger partial charge in [-0.2, -0.15) is 0 Å². The van der Waals surface area contributed by atoms with E-state index in [4.69, 9.17) is 10.3 Å². The minimum Gasteiger partial charge on any atom is -0.598 e. The SMILES string of the molecule is C[C@@H](N[S+]([O-])C(C)(C)C)c1cc(F)cc2c1O[C@](C)(CN=[N+]=[N-])C2. The number of hydrogen-bond donors (Lipinski definition) is 1. The van der Waals surface area contributed by atoms with Gasteiger partial charge in [0, 0.05) is 33.8 Å². The molecule has 0 amide bonds. The highest BCUT2D eigenvalue weighted by atomic mass is 32.2. The lowest BCUT2D eigenvalue weighted by Gasteiger charge is -2.27. The van der Waals surface area contributed by atoms with Gasteiger partial charge < -0.3 is 9.29 Å². The monoisotopic (exact) mass is 354 g/mol. The van der Waals surface area contributed by atoms with Crippen molar-refractivity contribution in [2.24, 2.45) is 5.11 Å². The van der Waals surface area contributed by atoms with Gasteiger partial charge in [-0.25, -0.2) is 4.39 Å². The van der Waals surface area contributed by atoms with E-state index in [1.165, 1.54) is 12.1 Å². The molecule has 6 nitrogen and oxygen atoms in total. The number of halogens is 1. The fourth-order valence-electron chi connectivity index (χ4n) is 2.61. The van der Waals surface area contributed by atoms with E-state index < -0.39 is 21.7 Å². The number of fused-ring (bicyclic) bond motifs is 1. The summed E-state index contributed by atoms with van der Waals surface area (Å²) in [5.74, 6) is 0.216. The third kappa shape index (κ3) is 4.13. The smallest absolute Gasteiger partial charge is 0.136 e. The maximum Gasteiger partial charge on any atom is 0.136 e. The molecule has 2 rings (SSSR count). The molecule has 0 aromatic heterocycles. The maximum atomic E-state index is 14.0. The number of benzene rings is 1. The van der Waals surface area contributed by atoms with Gasteiger partial charge in [0.1, 0.15) is 21.9 Å². The zero-order chi connectivity index (χ0) is 18.1. The molecule has 1 N–H and O–H groups in total. The van der Waals surface area contributed by atoms with E-state index in [9.17, 15) is 8.94 Å². The summed E-state index contributed by atoms with van der Waals surface area (Å²) in [5.41, 5.74) is 9.17. The van der Waals surface area contributed by atoms with Crippen molar-refractivity contribution >= 4 is 11.4 Å². The van der Waals surface area contributed by atoms with Crippen molar-refractivity contribution in [3.63, 3.8) is 0 Å². The Hall–Kier alpha value is -1.47. The second-order valence-corrected chi connectivity index (χ2v) is 9.32. The first-order valence-corrected chi connectivity index (χ1v) is 8.91. The number of ether oxygens (including phenoxy) is 1. The Kier molecular flexibility index (Phi) is 5.34. The first kappa shape index (κ1) is 18.9. The van der Waals surface area contributed by atoms with Crippen LogP contribution in [0.25, 0.3) is 10.4 Å². The van der Waals surface area contributed by atoms with E-state index in [1.807, 2.05) is 34.6 Å². The molecule has 1 aromatic rings. The summed E-state index contributed by atoms with van der Waals surface area (Å²) in [6, 6.07) is 2.49. The second-order valence-electron chi connectivity index (χ2n) is 7.32. The molecule has 24 heavy (non-hydrogen) atoms. The van der Waals surface area contributed by atoms with Crippen LogP contribution < -0.4 is 9.46 Å². The van der Waals surface area contributed by atoms with E-state index in [0.29, 0.717) is 17.7 Å². The van der Waals surface area contributed by atoms with Crippen LogP contribution >= 0.6 is 0 Å². The van der Waals surface area contributed by atoms with Crippen molar-refractivity contribution in [1.82, 2.24) is 4.72 Å². The summed E-state index contributed by atoms with van der Waals surface area (Å²) in [6.45, 7) is 9.42. The van der Waals surface area contributed by atoms with Gasteiger partial charge in [-0.05, 0) is 52.3 Å². The van der Waals surface area contributed by atoms with Crippen LogP contribution in [-0.4, -0.2) is 21.4 Å². The minimum atomic E-state index is -1.29. The molecule has 1 aromatic carbocycles. The van der Waals surface area contributed by atoms with Gasteiger partial charge in [-0.1, -0.05) is 5.11 Å². The average molecular weight is 354 g/mol. The van der Waals surface area contributed by atoms with Crippen molar-refractivity contribution in [1.29, 1.82) is 0 Å². The molecule has 1 heterocycles. The number of azide groups is 1. The second kappa shape index (κ2) is 6.80. The maximum absolute atomic E-state index is 14.0. The molecule has 1 aliphatic rings. The van der Waals surface area contributed by atoms with Gasteiger partial charge in [-0.3, -0.25) is 0 Å². The first-order chi connectivity index (χ1) is 11.1. The Morgan fingerprint density at radius 3 is 2.79 bits per heavy atom. The Morgan fingerprint density at radius 1 is 1.54 bits per heavy atom. The zero-order valence-corrected chi connectivity index (χ0v) is 15.4. The lowest BCUT2D eigenvalue weighted by atomic mass is 9.97. The average Bonchev–Trinajstić information content (AvgIpc) is 2.79. The quantitative estimate of drug-likeness (QED) is 0.375. The highest BCUT2D eigenvalue weighted by Gasteiger charge is 2.38. The van der Waals surface area contributed by atoms with Crippen molar-refractivity contribution in [3.05, 3.63) is 39.5 Å². The summed E-state index contributed by atoms with van der Waals surface area (Å²) in [5, 5.41) is 3.58. The first-order valence-electron chi connectivity index (χ1n) is 7.76. The van der Waals surface area contributed by atoms with E-state index in [-0.39, 0.29) is 18.4 Å². The minimum absolute atomic E-state index is 0.162. The van der Waals surface area contributed by atoms with Crippen molar-refractivity contribution < 1.29 is 13.7 Å². The van der Waals surface area contributed by atoms with Crippen molar-refractivity contribution in [3.8, 4) is 5.75 Å².